The first-order valence-electron chi connectivity index (χ1n) is 9.83. The van der Waals surface area contributed by atoms with Gasteiger partial charge < -0.3 is 10.4 Å². The number of rotatable bonds is 3. The third-order valence-corrected chi connectivity index (χ3v) is 6.83. The molecule has 0 unspecified atom stereocenters. The molecule has 2 aromatic carbocycles. The van der Waals surface area contributed by atoms with Crippen LogP contribution in [0.2, 0.25) is 0 Å². The predicted molar refractivity (Wildman–Crippen MR) is 122 cm³/mol. The highest BCUT2D eigenvalue weighted by molar-refractivity contribution is 7.90. The van der Waals surface area contributed by atoms with Crippen LogP contribution in [0.15, 0.2) is 80.9 Å². The van der Waals surface area contributed by atoms with Crippen molar-refractivity contribution in [2.75, 3.05) is 5.32 Å². The van der Waals surface area contributed by atoms with Gasteiger partial charge in [-0.2, -0.15) is 8.42 Å². The maximum absolute atomic E-state index is 13.5. The Morgan fingerprint density at radius 3 is 2.59 bits per heavy atom. The van der Waals surface area contributed by atoms with Gasteiger partial charge in [0.15, 0.2) is 5.84 Å². The van der Waals surface area contributed by atoms with Crippen molar-refractivity contribution in [3.8, 4) is 5.75 Å². The number of anilines is 1. The molecule has 0 bridgehead atoms. The number of pyridine rings is 2. The highest BCUT2D eigenvalue weighted by Crippen LogP contribution is 2.33. The molecule has 160 valence electrons. The quantitative estimate of drug-likeness (QED) is 0.500. The number of aromatic nitrogens is 2. The average Bonchev–Trinajstić information content (AvgIpc) is 2.77. The van der Waals surface area contributed by atoms with Crippen LogP contribution in [0.5, 0.6) is 5.75 Å². The molecule has 5 rings (SSSR count). The average molecular weight is 446 g/mol. The molecule has 0 spiro atoms. The summed E-state index contributed by atoms with van der Waals surface area (Å²) in [6.45, 7) is 1.86. The number of aryl methyl sites for hydroxylation is 1. The summed E-state index contributed by atoms with van der Waals surface area (Å²) in [5, 5.41) is 14.2. The summed E-state index contributed by atoms with van der Waals surface area (Å²) < 4.78 is 31.1. The first kappa shape index (κ1) is 20.0. The molecule has 0 fully saturated rings. The second-order valence-electron chi connectivity index (χ2n) is 7.47. The van der Waals surface area contributed by atoms with Crippen LogP contribution in [0.1, 0.15) is 16.7 Å². The van der Waals surface area contributed by atoms with Crippen molar-refractivity contribution in [3.63, 3.8) is 0 Å². The Morgan fingerprint density at radius 2 is 1.81 bits per heavy atom. The van der Waals surface area contributed by atoms with E-state index in [1.54, 1.807) is 37.3 Å². The molecule has 2 aromatic heterocycles. The van der Waals surface area contributed by atoms with Crippen LogP contribution in [0.4, 0.5) is 5.69 Å². The van der Waals surface area contributed by atoms with Crippen molar-refractivity contribution in [3.05, 3.63) is 93.9 Å². The lowest BCUT2D eigenvalue weighted by Crippen LogP contribution is -2.33. The number of aromatic hydroxyl groups is 1. The van der Waals surface area contributed by atoms with Gasteiger partial charge in [0.1, 0.15) is 21.9 Å². The number of hydrogen-bond acceptors (Lipinski definition) is 6. The molecule has 8 nitrogen and oxygen atoms in total. The fraction of sp³-hybridized carbons (Fsp3) is 0.0870. The molecule has 3 heterocycles. The monoisotopic (exact) mass is 446 g/mol. The summed E-state index contributed by atoms with van der Waals surface area (Å²) in [7, 11) is -4.08. The van der Waals surface area contributed by atoms with E-state index in [1.165, 1.54) is 10.8 Å². The molecule has 0 saturated carbocycles. The summed E-state index contributed by atoms with van der Waals surface area (Å²) in [5.41, 5.74) is 1.15. The van der Waals surface area contributed by atoms with E-state index in [2.05, 4.69) is 14.7 Å². The van der Waals surface area contributed by atoms with E-state index < -0.39 is 15.6 Å². The van der Waals surface area contributed by atoms with E-state index in [-0.39, 0.29) is 34.2 Å². The number of nitrogens with one attached hydrogen (secondary N) is 1. The second-order valence-corrected chi connectivity index (χ2v) is 9.01. The number of benzene rings is 2. The largest absolute Gasteiger partial charge is 0.506 e. The van der Waals surface area contributed by atoms with E-state index in [0.717, 1.165) is 5.56 Å². The first-order valence-corrected chi connectivity index (χ1v) is 11.3. The van der Waals surface area contributed by atoms with E-state index in [9.17, 15) is 18.3 Å². The van der Waals surface area contributed by atoms with E-state index in [4.69, 9.17) is 0 Å². The minimum Gasteiger partial charge on any atom is -0.506 e. The standard InChI is InChI=1S/C23H18N4O4S/c1-14-7-5-11-17-20(14)32(30,31)26-21(25-17)18-19(28)16-10-6-12-24-22(16)27(23(18)29)13-15-8-3-2-4-9-15/h2-12,28H,13H2,1H3,(H,25,26). The predicted octanol–water partition coefficient (Wildman–Crippen LogP) is 3.02. The number of fused-ring (bicyclic) bond motifs is 2. The maximum Gasteiger partial charge on any atom is 0.286 e. The smallest absolute Gasteiger partial charge is 0.286 e. The van der Waals surface area contributed by atoms with Crippen LogP contribution in [0.25, 0.3) is 11.0 Å². The van der Waals surface area contributed by atoms with Gasteiger partial charge in [-0.15, -0.1) is 4.40 Å². The minimum absolute atomic E-state index is 0.0512. The molecule has 32 heavy (non-hydrogen) atoms. The SMILES string of the molecule is Cc1cccc2c1S(=O)(=O)N=C(c1c(O)c3cccnc3n(Cc3ccccc3)c1=O)N2. The Hall–Kier alpha value is -3.98. The molecule has 0 radical (unpaired) electrons. The molecule has 1 aliphatic heterocycles. The van der Waals surface area contributed by atoms with Crippen molar-refractivity contribution >= 4 is 32.6 Å². The molecule has 1 aliphatic rings. The van der Waals surface area contributed by atoms with Gasteiger partial charge in [0.25, 0.3) is 15.6 Å². The lowest BCUT2D eigenvalue weighted by molar-refractivity contribution is 0.477. The van der Waals surface area contributed by atoms with E-state index >= 15 is 0 Å². The van der Waals surface area contributed by atoms with Gasteiger partial charge in [-0.3, -0.25) is 9.36 Å². The molecule has 9 heteroatoms. The normalized spacial score (nSPS) is 14.5. The van der Waals surface area contributed by atoms with Crippen LogP contribution in [0, 0.1) is 6.92 Å². The number of hydrogen-bond donors (Lipinski definition) is 2. The molecular formula is C23H18N4O4S. The van der Waals surface area contributed by atoms with Crippen LogP contribution in [0.3, 0.4) is 0 Å². The van der Waals surface area contributed by atoms with Gasteiger partial charge in [0.05, 0.1) is 17.6 Å². The molecule has 0 aliphatic carbocycles. The Balaban J connectivity index is 1.78. The van der Waals surface area contributed by atoms with Gasteiger partial charge in [0, 0.05) is 6.20 Å². The molecule has 0 amide bonds. The van der Waals surface area contributed by atoms with Crippen LogP contribution >= 0.6 is 0 Å². The highest BCUT2D eigenvalue weighted by atomic mass is 32.2. The lowest BCUT2D eigenvalue weighted by atomic mass is 10.1. The molecule has 2 N–H and O–H groups in total. The van der Waals surface area contributed by atoms with Gasteiger partial charge in [0.2, 0.25) is 0 Å². The van der Waals surface area contributed by atoms with Crippen molar-refractivity contribution in [1.29, 1.82) is 0 Å². The summed E-state index contributed by atoms with van der Waals surface area (Å²) in [5.74, 6) is -0.599. The van der Waals surface area contributed by atoms with Crippen molar-refractivity contribution in [2.45, 2.75) is 18.4 Å². The third kappa shape index (κ3) is 3.14. The third-order valence-electron chi connectivity index (χ3n) is 5.35. The van der Waals surface area contributed by atoms with Gasteiger partial charge in [-0.1, -0.05) is 42.5 Å². The van der Waals surface area contributed by atoms with E-state index in [1.807, 2.05) is 30.3 Å². The van der Waals surface area contributed by atoms with Crippen LogP contribution < -0.4 is 10.9 Å². The summed E-state index contributed by atoms with van der Waals surface area (Å²) in [4.78, 5) is 17.9. The van der Waals surface area contributed by atoms with Crippen LogP contribution in [-0.4, -0.2) is 28.9 Å². The lowest BCUT2D eigenvalue weighted by Gasteiger charge is -2.21. The minimum atomic E-state index is -4.08. The van der Waals surface area contributed by atoms with Crippen molar-refractivity contribution in [2.24, 2.45) is 4.40 Å². The van der Waals surface area contributed by atoms with Gasteiger partial charge >= 0.3 is 0 Å². The Bertz CT molecular complexity index is 1580. The zero-order valence-electron chi connectivity index (χ0n) is 17.0. The van der Waals surface area contributed by atoms with Gasteiger partial charge in [-0.25, -0.2) is 4.98 Å². The summed E-state index contributed by atoms with van der Waals surface area (Å²) >= 11 is 0. The summed E-state index contributed by atoms with van der Waals surface area (Å²) in [6.07, 6.45) is 1.53. The molecule has 0 atom stereocenters. The van der Waals surface area contributed by atoms with Crippen LogP contribution in [-0.2, 0) is 16.6 Å². The highest BCUT2D eigenvalue weighted by Gasteiger charge is 2.31. The Kier molecular flexibility index (Phi) is 4.56. The Morgan fingerprint density at radius 1 is 1.03 bits per heavy atom. The summed E-state index contributed by atoms with van der Waals surface area (Å²) in [6, 6.07) is 17.6. The number of amidine groups is 1. The van der Waals surface area contributed by atoms with Crippen molar-refractivity contribution in [1.82, 2.24) is 9.55 Å². The van der Waals surface area contributed by atoms with Crippen molar-refractivity contribution < 1.29 is 13.5 Å². The molecule has 0 saturated heterocycles. The number of sulfonamides is 1. The number of nitrogens with zero attached hydrogens (tertiary/aromatic N) is 3. The second kappa shape index (κ2) is 7.31. The molecular weight excluding hydrogens is 428 g/mol. The zero-order valence-corrected chi connectivity index (χ0v) is 17.8. The van der Waals surface area contributed by atoms with Gasteiger partial charge in [-0.05, 0) is 36.2 Å². The maximum atomic E-state index is 13.5. The zero-order chi connectivity index (χ0) is 22.5. The molecule has 4 aromatic rings. The fourth-order valence-corrected chi connectivity index (χ4v) is 5.25. The fourth-order valence-electron chi connectivity index (χ4n) is 3.91. The first-order chi connectivity index (χ1) is 15.4. The topological polar surface area (TPSA) is 114 Å². The Labute approximate surface area is 183 Å². The van der Waals surface area contributed by atoms with E-state index in [0.29, 0.717) is 16.6 Å².